The maximum atomic E-state index is 13.5. The average Bonchev–Trinajstić information content (AvgIpc) is 2.33. The van der Waals surface area contributed by atoms with Crippen LogP contribution in [-0.2, 0) is 6.54 Å². The molecule has 1 aliphatic rings. The molecule has 100 valence electrons. The Morgan fingerprint density at radius 2 is 2.11 bits per heavy atom. The molecular weight excluding hydrogens is 240 g/mol. The fraction of sp³-hybridized carbons (Fsp3) is 0.538. The third-order valence-corrected chi connectivity index (χ3v) is 3.45. The first-order valence-corrected chi connectivity index (χ1v) is 6.05. The number of nitrogens with zero attached hydrogens (tertiary/aromatic N) is 1. The molecule has 0 radical (unpaired) electrons. The third kappa shape index (κ3) is 3.04. The number of aliphatic hydroxyl groups excluding tert-OH is 2. The summed E-state index contributed by atoms with van der Waals surface area (Å²) < 4.78 is 26.2. The van der Waals surface area contributed by atoms with E-state index in [1.807, 2.05) is 4.90 Å². The fourth-order valence-corrected chi connectivity index (χ4v) is 2.29. The molecule has 5 heteroatoms. The van der Waals surface area contributed by atoms with Gasteiger partial charge in [0.25, 0.3) is 0 Å². The summed E-state index contributed by atoms with van der Waals surface area (Å²) in [7, 11) is 0. The van der Waals surface area contributed by atoms with Gasteiger partial charge >= 0.3 is 0 Å². The van der Waals surface area contributed by atoms with Crippen LogP contribution in [0.5, 0.6) is 0 Å². The van der Waals surface area contributed by atoms with E-state index in [0.717, 1.165) is 6.07 Å². The number of likely N-dealkylation sites (tertiary alicyclic amines) is 1. The van der Waals surface area contributed by atoms with Crippen LogP contribution in [-0.4, -0.2) is 40.9 Å². The molecule has 2 atom stereocenters. The zero-order chi connectivity index (χ0) is 13.1. The molecule has 0 aliphatic carbocycles. The third-order valence-electron chi connectivity index (χ3n) is 3.45. The summed E-state index contributed by atoms with van der Waals surface area (Å²) in [6, 6.07) is 3.52. The Morgan fingerprint density at radius 1 is 1.33 bits per heavy atom. The van der Waals surface area contributed by atoms with Crippen LogP contribution in [0.4, 0.5) is 8.78 Å². The van der Waals surface area contributed by atoms with Gasteiger partial charge in [-0.15, -0.1) is 0 Å². The number of hydrogen-bond acceptors (Lipinski definition) is 3. The lowest BCUT2D eigenvalue weighted by Crippen LogP contribution is -2.44. The monoisotopic (exact) mass is 257 g/mol. The Balaban J connectivity index is 1.98. The molecule has 0 saturated carbocycles. The predicted molar refractivity (Wildman–Crippen MR) is 62.8 cm³/mol. The Labute approximate surface area is 105 Å². The van der Waals surface area contributed by atoms with Crippen LogP contribution in [0.25, 0.3) is 0 Å². The van der Waals surface area contributed by atoms with Crippen LogP contribution in [0.3, 0.4) is 0 Å². The van der Waals surface area contributed by atoms with Crippen LogP contribution < -0.4 is 0 Å². The van der Waals surface area contributed by atoms with Crippen molar-refractivity contribution in [1.82, 2.24) is 4.90 Å². The van der Waals surface area contributed by atoms with Crippen LogP contribution in [0, 0.1) is 17.6 Å². The normalized spacial score (nSPS) is 25.3. The average molecular weight is 257 g/mol. The molecule has 0 aromatic heterocycles. The number of hydrogen-bond donors (Lipinski definition) is 2. The molecule has 1 aliphatic heterocycles. The summed E-state index contributed by atoms with van der Waals surface area (Å²) in [5, 5.41) is 18.8. The van der Waals surface area contributed by atoms with Crippen molar-refractivity contribution in [3.63, 3.8) is 0 Å². The van der Waals surface area contributed by atoms with E-state index < -0.39 is 17.7 Å². The molecule has 18 heavy (non-hydrogen) atoms. The number of β-amino-alcohol motifs (C(OH)–C–C–N with tert-alkyl or cyclic N) is 1. The zero-order valence-corrected chi connectivity index (χ0v) is 10.0. The van der Waals surface area contributed by atoms with E-state index in [9.17, 15) is 13.9 Å². The summed E-state index contributed by atoms with van der Waals surface area (Å²) in [6.07, 6.45) is 0.0905. The van der Waals surface area contributed by atoms with Crippen LogP contribution in [0.1, 0.15) is 12.0 Å². The van der Waals surface area contributed by atoms with E-state index in [4.69, 9.17) is 5.11 Å². The molecule has 1 heterocycles. The molecule has 2 N–H and O–H groups in total. The van der Waals surface area contributed by atoms with Gasteiger partial charge in [-0.3, -0.25) is 4.90 Å². The van der Waals surface area contributed by atoms with Crippen LogP contribution >= 0.6 is 0 Å². The highest BCUT2D eigenvalue weighted by Crippen LogP contribution is 2.20. The quantitative estimate of drug-likeness (QED) is 0.853. The van der Waals surface area contributed by atoms with E-state index in [1.165, 1.54) is 12.1 Å². The van der Waals surface area contributed by atoms with Crippen molar-refractivity contribution in [2.75, 3.05) is 19.7 Å². The van der Waals surface area contributed by atoms with Crippen molar-refractivity contribution in [2.45, 2.75) is 19.1 Å². The standard InChI is InChI=1S/C13H17F2NO2/c14-11-2-1-9(12(15)5-11)6-16-4-3-10(8-17)13(18)7-16/h1-2,5,10,13,17-18H,3-4,6-8H2/t10-,13+/m1/s1. The van der Waals surface area contributed by atoms with Gasteiger partial charge in [0.05, 0.1) is 6.10 Å². The van der Waals surface area contributed by atoms with E-state index in [0.29, 0.717) is 31.6 Å². The molecule has 1 aromatic rings. The number of piperidine rings is 1. The van der Waals surface area contributed by atoms with Gasteiger partial charge < -0.3 is 10.2 Å². The smallest absolute Gasteiger partial charge is 0.130 e. The molecule has 0 bridgehead atoms. The van der Waals surface area contributed by atoms with Crippen molar-refractivity contribution < 1.29 is 19.0 Å². The highest BCUT2D eigenvalue weighted by atomic mass is 19.1. The maximum Gasteiger partial charge on any atom is 0.130 e. The Morgan fingerprint density at radius 3 is 2.72 bits per heavy atom. The Kier molecular flexibility index (Phi) is 4.27. The summed E-state index contributed by atoms with van der Waals surface area (Å²) in [4.78, 5) is 1.91. The second-order valence-corrected chi connectivity index (χ2v) is 4.77. The minimum absolute atomic E-state index is 0.0279. The first kappa shape index (κ1) is 13.4. The largest absolute Gasteiger partial charge is 0.396 e. The summed E-state index contributed by atoms with van der Waals surface area (Å²) in [6.45, 7) is 1.42. The van der Waals surface area contributed by atoms with Crippen molar-refractivity contribution in [3.8, 4) is 0 Å². The van der Waals surface area contributed by atoms with Crippen LogP contribution in [0.2, 0.25) is 0 Å². The highest BCUT2D eigenvalue weighted by molar-refractivity contribution is 5.18. The van der Waals surface area contributed by atoms with Crippen molar-refractivity contribution in [2.24, 2.45) is 5.92 Å². The highest BCUT2D eigenvalue weighted by Gasteiger charge is 2.27. The van der Waals surface area contributed by atoms with Crippen molar-refractivity contribution in [1.29, 1.82) is 0 Å². The van der Waals surface area contributed by atoms with Gasteiger partial charge in [-0.05, 0) is 19.0 Å². The summed E-state index contributed by atoms with van der Waals surface area (Å²) in [5.74, 6) is -1.25. The zero-order valence-electron chi connectivity index (χ0n) is 10.0. The van der Waals surface area contributed by atoms with Gasteiger partial charge in [0, 0.05) is 37.2 Å². The van der Waals surface area contributed by atoms with E-state index in [-0.39, 0.29) is 12.5 Å². The molecule has 0 unspecified atom stereocenters. The van der Waals surface area contributed by atoms with Gasteiger partial charge in [-0.25, -0.2) is 8.78 Å². The lowest BCUT2D eigenvalue weighted by Gasteiger charge is -2.35. The molecule has 0 spiro atoms. The van der Waals surface area contributed by atoms with Crippen molar-refractivity contribution >= 4 is 0 Å². The first-order valence-electron chi connectivity index (χ1n) is 6.05. The second-order valence-electron chi connectivity index (χ2n) is 4.77. The fourth-order valence-electron chi connectivity index (χ4n) is 2.29. The Bertz CT molecular complexity index is 414. The maximum absolute atomic E-state index is 13.5. The van der Waals surface area contributed by atoms with E-state index in [2.05, 4.69) is 0 Å². The van der Waals surface area contributed by atoms with E-state index in [1.54, 1.807) is 0 Å². The lowest BCUT2D eigenvalue weighted by atomic mass is 9.94. The lowest BCUT2D eigenvalue weighted by molar-refractivity contribution is -0.00474. The molecule has 0 amide bonds. The molecule has 3 nitrogen and oxygen atoms in total. The minimum atomic E-state index is -0.591. The molecule has 2 rings (SSSR count). The van der Waals surface area contributed by atoms with Crippen molar-refractivity contribution in [3.05, 3.63) is 35.4 Å². The topological polar surface area (TPSA) is 43.7 Å². The molecular formula is C13H17F2NO2. The first-order chi connectivity index (χ1) is 8.60. The van der Waals surface area contributed by atoms with Gasteiger partial charge in [0.2, 0.25) is 0 Å². The second kappa shape index (κ2) is 5.73. The van der Waals surface area contributed by atoms with Gasteiger partial charge in [0.15, 0.2) is 0 Å². The number of aliphatic hydroxyl groups is 2. The number of halogens is 2. The molecule has 1 fully saturated rings. The minimum Gasteiger partial charge on any atom is -0.396 e. The number of rotatable bonds is 3. The summed E-state index contributed by atoms with van der Waals surface area (Å²) >= 11 is 0. The molecule has 1 saturated heterocycles. The number of benzene rings is 1. The van der Waals surface area contributed by atoms with Gasteiger partial charge in [-0.2, -0.15) is 0 Å². The summed E-state index contributed by atoms with van der Waals surface area (Å²) in [5.41, 5.74) is 0.422. The van der Waals surface area contributed by atoms with Crippen LogP contribution in [0.15, 0.2) is 18.2 Å². The SMILES string of the molecule is OC[C@H]1CCN(Cc2ccc(F)cc2F)C[C@@H]1O. The van der Waals surface area contributed by atoms with Gasteiger partial charge in [0.1, 0.15) is 11.6 Å². The Hall–Kier alpha value is -1.04. The van der Waals surface area contributed by atoms with Gasteiger partial charge in [-0.1, -0.05) is 6.07 Å². The molecule has 1 aromatic carbocycles. The predicted octanol–water partition coefficient (Wildman–Crippen LogP) is 1.14. The van der Waals surface area contributed by atoms with E-state index >= 15 is 0 Å².